The van der Waals surface area contributed by atoms with Crippen LogP contribution in [0.2, 0.25) is 0 Å². The average molecular weight is 490 g/mol. The van der Waals surface area contributed by atoms with Crippen molar-refractivity contribution < 1.29 is 27.6 Å². The van der Waals surface area contributed by atoms with E-state index in [1.807, 2.05) is 41.5 Å². The normalized spacial score (nSPS) is 15.3. The molecule has 0 saturated heterocycles. The van der Waals surface area contributed by atoms with Crippen LogP contribution in [0.5, 0.6) is 0 Å². The third-order valence-electron chi connectivity index (χ3n) is 3.37. The lowest BCUT2D eigenvalue weighted by Crippen LogP contribution is -2.32. The van der Waals surface area contributed by atoms with Crippen LogP contribution < -0.4 is 0 Å². The minimum absolute atomic E-state index is 0.300. The monoisotopic (exact) mass is 489 g/mol. The molecule has 0 aromatic carbocycles. The Balaban J connectivity index is 5.29. The summed E-state index contributed by atoms with van der Waals surface area (Å²) in [6, 6.07) is 0.619. The molecule has 0 rings (SSSR count). The Morgan fingerprint density at radius 2 is 1.33 bits per heavy atom. The second-order valence-electron chi connectivity index (χ2n) is 9.61. The number of hydrogen-bond donors (Lipinski definition) is 0. The third kappa shape index (κ3) is 14.8. The van der Waals surface area contributed by atoms with Crippen LogP contribution in [0.1, 0.15) is 69.2 Å². The van der Waals surface area contributed by atoms with Crippen molar-refractivity contribution in [2.75, 3.05) is 39.4 Å². The topological polar surface area (TPSA) is 66.5 Å². The molecule has 0 aliphatic heterocycles. The van der Waals surface area contributed by atoms with Crippen LogP contribution in [0.15, 0.2) is 0 Å². The van der Waals surface area contributed by atoms with Gasteiger partial charge in [-0.25, -0.2) is 0 Å². The number of nitrogens with zero attached hydrogens (tertiary/aromatic N) is 1. The highest BCUT2D eigenvalue weighted by Crippen LogP contribution is 2.68. The molecule has 0 N–H and O–H groups in total. The Morgan fingerprint density at radius 1 is 0.867 bits per heavy atom. The van der Waals surface area contributed by atoms with Crippen LogP contribution in [0.3, 0.4) is 0 Å². The van der Waals surface area contributed by atoms with Gasteiger partial charge >= 0.3 is 7.60 Å². The summed E-state index contributed by atoms with van der Waals surface area (Å²) in [6.45, 7) is 22.2. The van der Waals surface area contributed by atoms with Crippen LogP contribution in [0, 0.1) is 0 Å². The second-order valence-corrected chi connectivity index (χ2v) is 16.1. The lowest BCUT2D eigenvalue weighted by Gasteiger charge is -2.38. The molecule has 0 bridgehead atoms. The molecule has 0 aromatic rings. The zero-order chi connectivity index (χ0) is 23.6. The molecule has 0 radical (unpaired) electrons. The molecule has 0 amide bonds. The predicted molar refractivity (Wildman–Crippen MR) is 130 cm³/mol. The Kier molecular flexibility index (Phi) is 14.6. The summed E-state index contributed by atoms with van der Waals surface area (Å²) in [6.07, 6.45) is 0. The van der Waals surface area contributed by atoms with Crippen LogP contribution >= 0.6 is 23.9 Å². The maximum atomic E-state index is 13.6. The average Bonchev–Trinajstić information content (AvgIpc) is 2.51. The molecule has 182 valence electrons. The van der Waals surface area contributed by atoms with Crippen molar-refractivity contribution in [2.24, 2.45) is 0 Å². The molecular weight excluding hydrogens is 443 g/mol. The van der Waals surface area contributed by atoms with Gasteiger partial charge in [0.25, 0.3) is 0 Å². The van der Waals surface area contributed by atoms with Gasteiger partial charge < -0.3 is 23.0 Å². The fourth-order valence-corrected chi connectivity index (χ4v) is 12.6. The Morgan fingerprint density at radius 3 is 1.73 bits per heavy atom. The maximum absolute atomic E-state index is 13.6. The summed E-state index contributed by atoms with van der Waals surface area (Å²) >= 11 is 0. The molecule has 7 nitrogen and oxygen atoms in total. The Hall–Kier alpha value is 0.850. The fourth-order valence-electron chi connectivity index (χ4n) is 2.70. The van der Waals surface area contributed by atoms with Crippen molar-refractivity contribution in [2.45, 2.75) is 92.5 Å². The fraction of sp³-hybridized carbons (Fsp3) is 1.00. The van der Waals surface area contributed by atoms with E-state index >= 15 is 0 Å². The highest BCUT2D eigenvalue weighted by molar-refractivity contribution is 8.19. The number of rotatable bonds is 15. The van der Waals surface area contributed by atoms with Gasteiger partial charge in [-0.1, -0.05) is 0 Å². The van der Waals surface area contributed by atoms with Gasteiger partial charge in [0.15, 0.2) is 0 Å². The van der Waals surface area contributed by atoms with Crippen LogP contribution in [-0.4, -0.2) is 67.4 Å². The van der Waals surface area contributed by atoms with E-state index in [4.69, 9.17) is 23.0 Å². The van der Waals surface area contributed by atoms with Crippen molar-refractivity contribution >= 4 is 23.9 Å². The molecule has 10 heteroatoms. The van der Waals surface area contributed by atoms with E-state index in [0.29, 0.717) is 52.7 Å². The lowest BCUT2D eigenvalue weighted by molar-refractivity contribution is 0.0512. The van der Waals surface area contributed by atoms with Gasteiger partial charge in [-0.15, -0.1) is 0 Å². The quantitative estimate of drug-likeness (QED) is 0.193. The maximum Gasteiger partial charge on any atom is 0.336 e. The molecule has 0 aliphatic carbocycles. The first-order valence-electron chi connectivity index (χ1n) is 10.6. The molecule has 0 spiro atoms. The second kappa shape index (κ2) is 14.2. The minimum atomic E-state index is -3.30. The van der Waals surface area contributed by atoms with E-state index < -0.39 is 26.8 Å². The zero-order valence-corrected chi connectivity index (χ0v) is 23.8. The van der Waals surface area contributed by atoms with Gasteiger partial charge in [-0.05, 0) is 77.5 Å². The largest absolute Gasteiger partial charge is 0.382 e. The van der Waals surface area contributed by atoms with E-state index in [1.165, 1.54) is 0 Å². The van der Waals surface area contributed by atoms with Gasteiger partial charge in [-0.3, -0.25) is 9.24 Å². The summed E-state index contributed by atoms with van der Waals surface area (Å²) in [5, 5.41) is 0. The van der Waals surface area contributed by atoms with Crippen LogP contribution in [-0.2, 0) is 27.6 Å². The molecule has 0 fully saturated rings. The standard InChI is InChI=1S/C20H46NO6P3/c1-17(2)21(18(3)4)29(25-15-14-24-13-12-23-11)28-16-30(22,26-19(5,6)7)27-20(8,9)10/h17-18,28H,12-16H2,1-11H3. The molecule has 0 aliphatic rings. The summed E-state index contributed by atoms with van der Waals surface area (Å²) in [5.41, 5.74) is -1.11. The van der Waals surface area contributed by atoms with Crippen LogP contribution in [0.25, 0.3) is 0 Å². The smallest absolute Gasteiger partial charge is 0.336 e. The van der Waals surface area contributed by atoms with Crippen molar-refractivity contribution in [1.82, 2.24) is 4.67 Å². The molecule has 2 atom stereocenters. The molecule has 30 heavy (non-hydrogen) atoms. The molecular formula is C20H46NO6P3. The highest BCUT2D eigenvalue weighted by atomic mass is 32.1. The van der Waals surface area contributed by atoms with Crippen molar-refractivity contribution in [3.8, 4) is 0 Å². The summed E-state index contributed by atoms with van der Waals surface area (Å²) in [4.78, 5) is 0. The Bertz CT molecular complexity index is 478. The number of methoxy groups -OCH3 is 1. The van der Waals surface area contributed by atoms with E-state index in [1.54, 1.807) is 7.11 Å². The number of hydrogen-bond acceptors (Lipinski definition) is 7. The minimum Gasteiger partial charge on any atom is -0.382 e. The SMILES string of the molecule is COCCOCCOP(PCP(=O)(OC(C)(C)C)OC(C)(C)C)N(C(C)C)C(C)C. The van der Waals surface area contributed by atoms with Gasteiger partial charge in [0, 0.05) is 19.2 Å². The van der Waals surface area contributed by atoms with Gasteiger partial charge in [-0.2, -0.15) is 0 Å². The summed E-state index contributed by atoms with van der Waals surface area (Å²) < 4.78 is 44.7. The molecule has 0 saturated carbocycles. The van der Waals surface area contributed by atoms with E-state index in [0.717, 1.165) is 0 Å². The number of ether oxygens (including phenoxy) is 2. The molecule has 2 unspecified atom stereocenters. The summed E-state index contributed by atoms with van der Waals surface area (Å²) in [5.74, 6) is 0.341. The van der Waals surface area contributed by atoms with Crippen molar-refractivity contribution in [1.29, 1.82) is 0 Å². The Labute approximate surface area is 188 Å². The third-order valence-corrected chi connectivity index (χ3v) is 12.3. The highest BCUT2D eigenvalue weighted by Gasteiger charge is 2.37. The van der Waals surface area contributed by atoms with Gasteiger partial charge in [0.05, 0.1) is 43.5 Å². The van der Waals surface area contributed by atoms with E-state index in [9.17, 15) is 4.57 Å². The van der Waals surface area contributed by atoms with Crippen molar-refractivity contribution in [3.63, 3.8) is 0 Å². The molecule has 0 heterocycles. The van der Waals surface area contributed by atoms with E-state index in [2.05, 4.69) is 32.4 Å². The van der Waals surface area contributed by atoms with E-state index in [-0.39, 0.29) is 0 Å². The first kappa shape index (κ1) is 30.9. The first-order valence-corrected chi connectivity index (χ1v) is 15.6. The van der Waals surface area contributed by atoms with Gasteiger partial charge in [0.1, 0.15) is 7.99 Å². The lowest BCUT2D eigenvalue weighted by atomic mass is 10.2. The van der Waals surface area contributed by atoms with Crippen molar-refractivity contribution in [3.05, 3.63) is 0 Å². The van der Waals surface area contributed by atoms with Crippen LogP contribution in [0.4, 0.5) is 0 Å². The molecule has 0 aromatic heterocycles. The summed E-state index contributed by atoms with van der Waals surface area (Å²) in [7, 11) is -2.30. The predicted octanol–water partition coefficient (Wildman–Crippen LogP) is 6.47. The first-order chi connectivity index (χ1) is 13.6. The zero-order valence-electron chi connectivity index (χ0n) is 21.0. The van der Waals surface area contributed by atoms with Gasteiger partial charge in [0.2, 0.25) is 0 Å².